The van der Waals surface area contributed by atoms with E-state index in [1.165, 1.54) is 53.0 Å². The van der Waals surface area contributed by atoms with Crippen LogP contribution in [0.25, 0.3) is 0 Å². The molecule has 2 fully saturated rings. The van der Waals surface area contributed by atoms with Crippen molar-refractivity contribution in [1.29, 1.82) is 0 Å². The number of nitrogens with zero attached hydrogens (tertiary/aromatic N) is 2. The maximum atomic E-state index is 4.89. The van der Waals surface area contributed by atoms with Crippen molar-refractivity contribution in [3.63, 3.8) is 0 Å². The molecule has 2 aliphatic rings. The average molecular weight is 297 g/mol. The topological polar surface area (TPSA) is 28.2 Å². The molecule has 0 aromatic carbocycles. The minimum absolute atomic E-state index is 0.782. The Morgan fingerprint density at radius 3 is 3.00 bits per heavy atom. The van der Waals surface area contributed by atoms with Gasteiger partial charge in [0.2, 0.25) is 0 Å². The van der Waals surface area contributed by atoms with Crippen LogP contribution >= 0.6 is 23.1 Å². The number of thiazole rings is 1. The van der Waals surface area contributed by atoms with Gasteiger partial charge in [-0.25, -0.2) is 4.98 Å². The van der Waals surface area contributed by atoms with Crippen LogP contribution in [-0.2, 0) is 13.0 Å². The maximum Gasteiger partial charge on any atom is 0.185 e. The van der Waals surface area contributed by atoms with E-state index in [2.05, 4.69) is 28.9 Å². The fraction of sp³-hybridized carbons (Fsp3) is 0.786. The highest BCUT2D eigenvalue weighted by Gasteiger charge is 2.22. The lowest BCUT2D eigenvalue weighted by Gasteiger charge is -2.18. The molecule has 1 saturated heterocycles. The van der Waals surface area contributed by atoms with Crippen LogP contribution in [0.2, 0.25) is 0 Å². The molecule has 106 valence electrons. The third kappa shape index (κ3) is 3.64. The zero-order chi connectivity index (χ0) is 13.1. The van der Waals surface area contributed by atoms with E-state index in [0.717, 1.165) is 25.6 Å². The summed E-state index contributed by atoms with van der Waals surface area (Å²) in [6, 6.07) is 0.782. The molecule has 0 atom stereocenters. The zero-order valence-corrected chi connectivity index (χ0v) is 13.3. The van der Waals surface area contributed by atoms with Gasteiger partial charge in [0.15, 0.2) is 5.13 Å². The summed E-state index contributed by atoms with van der Waals surface area (Å²) in [5.41, 5.74) is 1.31. The first-order valence-electron chi connectivity index (χ1n) is 7.41. The predicted molar refractivity (Wildman–Crippen MR) is 85.5 cm³/mol. The highest BCUT2D eigenvalue weighted by atomic mass is 32.2. The van der Waals surface area contributed by atoms with E-state index in [4.69, 9.17) is 4.98 Å². The van der Waals surface area contributed by atoms with E-state index in [0.29, 0.717) is 0 Å². The number of aromatic nitrogens is 1. The molecule has 1 aliphatic heterocycles. The molecule has 1 aromatic rings. The van der Waals surface area contributed by atoms with Crippen LogP contribution in [-0.4, -0.2) is 35.6 Å². The summed E-state index contributed by atoms with van der Waals surface area (Å²) in [7, 11) is 0. The second-order valence-corrected chi connectivity index (χ2v) is 7.61. The van der Waals surface area contributed by atoms with Crippen molar-refractivity contribution in [2.24, 2.45) is 0 Å². The molecule has 0 bridgehead atoms. The SMILES string of the molecule is CCc1nc(N2CCCSCC2)sc1CNC1CC1. The molecule has 1 aromatic heterocycles. The van der Waals surface area contributed by atoms with Gasteiger partial charge >= 0.3 is 0 Å². The van der Waals surface area contributed by atoms with Gasteiger partial charge in [-0.3, -0.25) is 0 Å². The molecular formula is C14H23N3S2. The molecule has 0 radical (unpaired) electrons. The Kier molecular flexibility index (Phi) is 4.66. The first kappa shape index (κ1) is 13.7. The Balaban J connectivity index is 1.69. The lowest BCUT2D eigenvalue weighted by molar-refractivity contribution is 0.689. The van der Waals surface area contributed by atoms with Crippen molar-refractivity contribution in [3.8, 4) is 0 Å². The van der Waals surface area contributed by atoms with Crippen LogP contribution in [0.5, 0.6) is 0 Å². The molecule has 0 spiro atoms. The summed E-state index contributed by atoms with van der Waals surface area (Å²) < 4.78 is 0. The highest BCUT2D eigenvalue weighted by Crippen LogP contribution is 2.29. The van der Waals surface area contributed by atoms with Crippen molar-refractivity contribution < 1.29 is 0 Å². The van der Waals surface area contributed by atoms with Crippen molar-refractivity contribution in [2.75, 3.05) is 29.5 Å². The molecule has 19 heavy (non-hydrogen) atoms. The molecule has 3 rings (SSSR count). The van der Waals surface area contributed by atoms with Crippen molar-refractivity contribution in [3.05, 3.63) is 10.6 Å². The molecule has 1 N–H and O–H groups in total. The first-order chi connectivity index (χ1) is 9.36. The lowest BCUT2D eigenvalue weighted by atomic mass is 10.3. The molecular weight excluding hydrogens is 274 g/mol. The fourth-order valence-electron chi connectivity index (χ4n) is 2.38. The molecule has 1 aliphatic carbocycles. The van der Waals surface area contributed by atoms with E-state index in [9.17, 15) is 0 Å². The Hall–Kier alpha value is -0.260. The highest BCUT2D eigenvalue weighted by molar-refractivity contribution is 7.99. The summed E-state index contributed by atoms with van der Waals surface area (Å²) in [6.07, 6.45) is 5.06. The largest absolute Gasteiger partial charge is 0.347 e. The summed E-state index contributed by atoms with van der Waals surface area (Å²) in [5, 5.41) is 4.88. The van der Waals surface area contributed by atoms with Crippen LogP contribution in [0.4, 0.5) is 5.13 Å². The number of rotatable bonds is 5. The van der Waals surface area contributed by atoms with Crippen LogP contribution in [0.15, 0.2) is 0 Å². The fourth-order valence-corrected chi connectivity index (χ4v) is 4.42. The third-order valence-corrected chi connectivity index (χ3v) is 5.93. The van der Waals surface area contributed by atoms with E-state index in [1.54, 1.807) is 0 Å². The third-order valence-electron chi connectivity index (χ3n) is 3.72. The number of aryl methyl sites for hydroxylation is 1. The number of thioether (sulfide) groups is 1. The summed E-state index contributed by atoms with van der Waals surface area (Å²) in [6.45, 7) is 5.59. The standard InChI is InChI=1S/C14H23N3S2/c1-2-12-13(10-15-11-4-5-11)19-14(16-12)17-6-3-8-18-9-7-17/h11,15H,2-10H2,1H3. The Morgan fingerprint density at radius 1 is 1.32 bits per heavy atom. The normalized spacial score (nSPS) is 20.6. The van der Waals surface area contributed by atoms with Gasteiger partial charge in [0.25, 0.3) is 0 Å². The number of hydrogen-bond acceptors (Lipinski definition) is 5. The minimum Gasteiger partial charge on any atom is -0.347 e. The van der Waals surface area contributed by atoms with Gasteiger partial charge in [-0.2, -0.15) is 11.8 Å². The predicted octanol–water partition coefficient (Wildman–Crippen LogP) is 2.90. The summed E-state index contributed by atoms with van der Waals surface area (Å²) in [4.78, 5) is 8.84. The lowest BCUT2D eigenvalue weighted by Crippen LogP contribution is -2.25. The Morgan fingerprint density at radius 2 is 2.21 bits per heavy atom. The second kappa shape index (κ2) is 6.46. The molecule has 2 heterocycles. The molecule has 0 amide bonds. The van der Waals surface area contributed by atoms with Gasteiger partial charge in [0, 0.05) is 36.3 Å². The van der Waals surface area contributed by atoms with Crippen molar-refractivity contribution >= 4 is 28.2 Å². The molecule has 5 heteroatoms. The van der Waals surface area contributed by atoms with Crippen molar-refractivity contribution in [2.45, 2.75) is 45.2 Å². The van der Waals surface area contributed by atoms with Crippen LogP contribution < -0.4 is 10.2 Å². The van der Waals surface area contributed by atoms with Gasteiger partial charge < -0.3 is 10.2 Å². The maximum absolute atomic E-state index is 4.89. The number of nitrogens with one attached hydrogen (secondary N) is 1. The summed E-state index contributed by atoms with van der Waals surface area (Å²) in [5.74, 6) is 2.55. The molecule has 3 nitrogen and oxygen atoms in total. The van der Waals surface area contributed by atoms with Gasteiger partial charge in [0.05, 0.1) is 5.69 Å². The monoisotopic (exact) mass is 297 g/mol. The van der Waals surface area contributed by atoms with Crippen LogP contribution in [0, 0.1) is 0 Å². The smallest absolute Gasteiger partial charge is 0.185 e. The summed E-state index contributed by atoms with van der Waals surface area (Å²) >= 11 is 3.99. The van der Waals surface area contributed by atoms with Crippen LogP contribution in [0.3, 0.4) is 0 Å². The quantitative estimate of drug-likeness (QED) is 0.904. The van der Waals surface area contributed by atoms with Gasteiger partial charge in [-0.05, 0) is 31.4 Å². The second-order valence-electron chi connectivity index (χ2n) is 5.33. The van der Waals surface area contributed by atoms with E-state index in [1.807, 2.05) is 11.3 Å². The van der Waals surface area contributed by atoms with E-state index in [-0.39, 0.29) is 0 Å². The number of anilines is 1. The Bertz CT molecular complexity index is 407. The van der Waals surface area contributed by atoms with E-state index < -0.39 is 0 Å². The minimum atomic E-state index is 0.782. The van der Waals surface area contributed by atoms with Gasteiger partial charge in [-0.15, -0.1) is 11.3 Å². The van der Waals surface area contributed by atoms with Gasteiger partial charge in [-0.1, -0.05) is 6.92 Å². The molecule has 1 saturated carbocycles. The van der Waals surface area contributed by atoms with Crippen molar-refractivity contribution in [1.82, 2.24) is 10.3 Å². The number of hydrogen-bond donors (Lipinski definition) is 1. The van der Waals surface area contributed by atoms with E-state index >= 15 is 0 Å². The first-order valence-corrected chi connectivity index (χ1v) is 9.38. The zero-order valence-electron chi connectivity index (χ0n) is 11.7. The Labute approximate surface area is 124 Å². The molecule has 0 unspecified atom stereocenters. The van der Waals surface area contributed by atoms with Gasteiger partial charge in [0.1, 0.15) is 0 Å². The van der Waals surface area contributed by atoms with Crippen LogP contribution in [0.1, 0.15) is 36.8 Å². The average Bonchev–Trinajstić information content (AvgIpc) is 3.21.